The average Bonchev–Trinajstić information content (AvgIpc) is 3.58. The van der Waals surface area contributed by atoms with Gasteiger partial charge in [-0.15, -0.1) is 10.2 Å². The molecule has 5 aromatic rings. The molecular formula is C26H18BrClN6OS. The van der Waals surface area contributed by atoms with Gasteiger partial charge >= 0.3 is 0 Å². The largest absolute Gasteiger partial charge is 0.336 e. The molecule has 0 saturated carbocycles. The van der Waals surface area contributed by atoms with Crippen molar-refractivity contribution in [3.8, 4) is 11.3 Å². The minimum absolute atomic E-state index is 0.236. The maximum atomic E-state index is 6.20. The summed E-state index contributed by atoms with van der Waals surface area (Å²) >= 11 is 11.1. The van der Waals surface area contributed by atoms with Crippen molar-refractivity contribution in [2.75, 3.05) is 10.4 Å². The van der Waals surface area contributed by atoms with Crippen molar-refractivity contribution < 1.29 is 4.52 Å². The van der Waals surface area contributed by atoms with Gasteiger partial charge in [-0.3, -0.25) is 5.43 Å². The predicted octanol–water partition coefficient (Wildman–Crippen LogP) is 8.87. The number of hydrogen-bond acceptors (Lipinski definition) is 8. The molecule has 0 radical (unpaired) electrons. The fourth-order valence-corrected chi connectivity index (χ4v) is 5.31. The van der Waals surface area contributed by atoms with E-state index in [1.165, 1.54) is 11.3 Å². The van der Waals surface area contributed by atoms with E-state index in [-0.39, 0.29) is 6.04 Å². The summed E-state index contributed by atoms with van der Waals surface area (Å²) in [4.78, 5) is 4.81. The molecule has 178 valence electrons. The first-order valence-corrected chi connectivity index (χ1v) is 13.1. The van der Waals surface area contributed by atoms with Gasteiger partial charge in [0.2, 0.25) is 11.0 Å². The summed E-state index contributed by atoms with van der Waals surface area (Å²) in [6.07, 6.45) is 0. The van der Waals surface area contributed by atoms with Crippen molar-refractivity contribution >= 4 is 60.6 Å². The standard InChI is InChI=1S/C26H18BrClN6OS/c1-15-25(31-30-20-13-9-18(27)10-14-20)36-26(29-15)34-23(17-7-11-19(28)12-8-17)21-22(33-35-24(21)32-34)16-5-3-2-4-6-16/h2-14,23,32H,1H3. The van der Waals surface area contributed by atoms with Crippen LogP contribution in [0.4, 0.5) is 21.7 Å². The van der Waals surface area contributed by atoms with E-state index >= 15 is 0 Å². The van der Waals surface area contributed by atoms with Crippen LogP contribution in [-0.4, -0.2) is 10.1 Å². The van der Waals surface area contributed by atoms with Crippen LogP contribution in [0.15, 0.2) is 98.1 Å². The molecule has 36 heavy (non-hydrogen) atoms. The highest BCUT2D eigenvalue weighted by molar-refractivity contribution is 9.10. The number of aromatic nitrogens is 2. The Hall–Kier alpha value is -3.53. The normalized spacial score (nSPS) is 14.9. The fourth-order valence-electron chi connectivity index (χ4n) is 4.04. The third-order valence-corrected chi connectivity index (χ3v) is 7.59. The first-order valence-electron chi connectivity index (χ1n) is 11.1. The average molecular weight is 578 g/mol. The summed E-state index contributed by atoms with van der Waals surface area (Å²) in [6.45, 7) is 1.93. The number of aryl methyl sites for hydroxylation is 1. The van der Waals surface area contributed by atoms with Gasteiger partial charge in [-0.1, -0.05) is 86.5 Å². The Labute approximate surface area is 224 Å². The Bertz CT molecular complexity index is 1550. The Balaban J connectivity index is 1.40. The second-order valence-electron chi connectivity index (χ2n) is 8.14. The summed E-state index contributed by atoms with van der Waals surface area (Å²) < 4.78 is 6.74. The zero-order chi connectivity index (χ0) is 24.6. The molecular weight excluding hydrogens is 560 g/mol. The van der Waals surface area contributed by atoms with E-state index in [1.807, 2.05) is 90.8 Å². The van der Waals surface area contributed by atoms with Gasteiger partial charge in [0, 0.05) is 15.1 Å². The van der Waals surface area contributed by atoms with Crippen LogP contribution in [0, 0.1) is 6.92 Å². The molecule has 2 aromatic heterocycles. The van der Waals surface area contributed by atoms with Crippen molar-refractivity contribution in [1.82, 2.24) is 10.1 Å². The Kier molecular flexibility index (Phi) is 6.04. The van der Waals surface area contributed by atoms with Crippen molar-refractivity contribution in [3.63, 3.8) is 0 Å². The molecule has 0 spiro atoms. The van der Waals surface area contributed by atoms with Crippen molar-refractivity contribution in [1.29, 1.82) is 0 Å². The number of anilines is 2. The van der Waals surface area contributed by atoms with Gasteiger partial charge in [0.15, 0.2) is 5.00 Å². The molecule has 0 fully saturated rings. The quantitative estimate of drug-likeness (QED) is 0.211. The fraction of sp³-hybridized carbons (Fsp3) is 0.0769. The molecule has 1 aliphatic heterocycles. The van der Waals surface area contributed by atoms with Crippen molar-refractivity contribution in [2.24, 2.45) is 10.2 Å². The number of hydrogen-bond donors (Lipinski definition) is 1. The minimum atomic E-state index is -0.236. The molecule has 7 nitrogen and oxygen atoms in total. The maximum absolute atomic E-state index is 6.20. The molecule has 0 amide bonds. The summed E-state index contributed by atoms with van der Waals surface area (Å²) in [6, 6.07) is 25.2. The minimum Gasteiger partial charge on any atom is -0.336 e. The number of thiazole rings is 1. The molecule has 1 aliphatic rings. The third kappa shape index (κ3) is 4.30. The Morgan fingerprint density at radius 2 is 1.75 bits per heavy atom. The van der Waals surface area contributed by atoms with Gasteiger partial charge in [0.25, 0.3) is 0 Å². The summed E-state index contributed by atoms with van der Waals surface area (Å²) in [5.41, 5.74) is 8.64. The van der Waals surface area contributed by atoms with Crippen molar-refractivity contribution in [2.45, 2.75) is 13.0 Å². The molecule has 6 rings (SSSR count). The molecule has 0 aliphatic carbocycles. The first kappa shape index (κ1) is 22.9. The first-order chi connectivity index (χ1) is 17.6. The number of halogens is 2. The number of azo groups is 1. The smallest absolute Gasteiger partial charge is 0.249 e. The lowest BCUT2D eigenvalue weighted by atomic mass is 9.96. The van der Waals surface area contributed by atoms with Gasteiger partial charge in [-0.05, 0) is 48.9 Å². The lowest BCUT2D eigenvalue weighted by Crippen LogP contribution is -2.28. The number of benzene rings is 3. The third-order valence-electron chi connectivity index (χ3n) is 5.76. The molecule has 1 N–H and O–H groups in total. The van der Waals surface area contributed by atoms with Gasteiger partial charge < -0.3 is 4.52 Å². The number of nitrogens with one attached hydrogen (secondary N) is 1. The highest BCUT2D eigenvalue weighted by atomic mass is 79.9. The van der Waals surface area contributed by atoms with Gasteiger partial charge in [-0.2, -0.15) is 0 Å². The second kappa shape index (κ2) is 9.50. The van der Waals surface area contributed by atoms with E-state index in [4.69, 9.17) is 21.1 Å². The number of fused-ring (bicyclic) bond motifs is 1. The van der Waals surface area contributed by atoms with Gasteiger partial charge in [0.1, 0.15) is 11.7 Å². The lowest BCUT2D eigenvalue weighted by Gasteiger charge is -2.24. The highest BCUT2D eigenvalue weighted by Gasteiger charge is 2.40. The molecule has 0 saturated heterocycles. The highest BCUT2D eigenvalue weighted by Crippen LogP contribution is 2.48. The van der Waals surface area contributed by atoms with Crippen LogP contribution in [-0.2, 0) is 0 Å². The van der Waals surface area contributed by atoms with Crippen molar-refractivity contribution in [3.05, 3.63) is 105 Å². The molecule has 1 atom stereocenters. The summed E-state index contributed by atoms with van der Waals surface area (Å²) in [5, 5.41) is 17.4. The van der Waals surface area contributed by atoms with Crippen LogP contribution in [0.2, 0.25) is 5.02 Å². The summed E-state index contributed by atoms with van der Waals surface area (Å²) in [7, 11) is 0. The topological polar surface area (TPSA) is 78.9 Å². The maximum Gasteiger partial charge on any atom is 0.249 e. The predicted molar refractivity (Wildman–Crippen MR) is 147 cm³/mol. The molecule has 3 aromatic carbocycles. The zero-order valence-electron chi connectivity index (χ0n) is 18.9. The van der Waals surface area contributed by atoms with Crippen LogP contribution in [0.5, 0.6) is 0 Å². The van der Waals surface area contributed by atoms with Crippen LogP contribution in [0.25, 0.3) is 11.3 Å². The van der Waals surface area contributed by atoms with Crippen LogP contribution in [0.3, 0.4) is 0 Å². The number of rotatable bonds is 5. The van der Waals surface area contributed by atoms with E-state index in [0.29, 0.717) is 10.9 Å². The SMILES string of the molecule is Cc1nc(N2Nc3onc(-c4ccccc4)c3C2c2ccc(Cl)cc2)sc1N=Nc1ccc(Br)cc1. The molecule has 10 heteroatoms. The van der Waals surface area contributed by atoms with E-state index in [9.17, 15) is 0 Å². The van der Waals surface area contributed by atoms with E-state index in [1.54, 1.807) is 0 Å². The molecule has 3 heterocycles. The Morgan fingerprint density at radius 3 is 2.50 bits per heavy atom. The Morgan fingerprint density at radius 1 is 1.00 bits per heavy atom. The summed E-state index contributed by atoms with van der Waals surface area (Å²) in [5.74, 6) is 0.583. The number of hydrazine groups is 1. The van der Waals surface area contributed by atoms with E-state index in [0.717, 1.165) is 48.4 Å². The van der Waals surface area contributed by atoms with Crippen LogP contribution >= 0.6 is 38.9 Å². The van der Waals surface area contributed by atoms with E-state index < -0.39 is 0 Å². The second-order valence-corrected chi connectivity index (χ2v) is 10.4. The number of nitrogens with zero attached hydrogens (tertiary/aromatic N) is 5. The van der Waals surface area contributed by atoms with Gasteiger partial charge in [-0.25, -0.2) is 9.99 Å². The molecule has 0 bridgehead atoms. The monoisotopic (exact) mass is 576 g/mol. The lowest BCUT2D eigenvalue weighted by molar-refractivity contribution is 0.435. The van der Waals surface area contributed by atoms with Gasteiger partial charge in [0.05, 0.1) is 16.9 Å². The van der Waals surface area contributed by atoms with E-state index in [2.05, 4.69) is 36.7 Å². The van der Waals surface area contributed by atoms with Crippen LogP contribution in [0.1, 0.15) is 22.9 Å². The molecule has 1 unspecified atom stereocenters. The zero-order valence-corrected chi connectivity index (χ0v) is 22.0. The van der Waals surface area contributed by atoms with Crippen LogP contribution < -0.4 is 10.4 Å².